The Hall–Kier alpha value is -2.72. The lowest BCUT2D eigenvalue weighted by atomic mass is 10.1. The van der Waals surface area contributed by atoms with E-state index in [1.165, 1.54) is 5.56 Å². The predicted molar refractivity (Wildman–Crippen MR) is 94.9 cm³/mol. The van der Waals surface area contributed by atoms with Crippen molar-refractivity contribution < 1.29 is 14.0 Å². The molecule has 2 aromatic carbocycles. The first-order chi connectivity index (χ1) is 11.4. The number of nitrogens with zero attached hydrogens (tertiary/aromatic N) is 2. The van der Waals surface area contributed by atoms with E-state index >= 15 is 0 Å². The summed E-state index contributed by atoms with van der Waals surface area (Å²) in [6, 6.07) is 16.9. The first kappa shape index (κ1) is 16.1. The van der Waals surface area contributed by atoms with Gasteiger partial charge in [0, 0.05) is 17.1 Å². The Morgan fingerprint density at radius 3 is 2.42 bits per heavy atom. The van der Waals surface area contributed by atoms with Crippen molar-refractivity contribution in [2.45, 2.75) is 6.54 Å². The van der Waals surface area contributed by atoms with Gasteiger partial charge < -0.3 is 9.22 Å². The zero-order chi connectivity index (χ0) is 17.2. The van der Waals surface area contributed by atoms with Gasteiger partial charge in [-0.15, -0.1) is 0 Å². The molecule has 0 N–H and O–H groups in total. The molecule has 1 aromatic heterocycles. The quantitative estimate of drug-likeness (QED) is 0.418. The molecule has 24 heavy (non-hydrogen) atoms. The molecule has 0 aliphatic rings. The number of carbonyl (C=O) groups excluding carboxylic acids is 1. The number of aromatic nitrogens is 1. The van der Waals surface area contributed by atoms with Crippen LogP contribution in [0.5, 0.6) is 5.75 Å². The number of esters is 1. The van der Waals surface area contributed by atoms with Gasteiger partial charge >= 0.3 is 5.97 Å². The Morgan fingerprint density at radius 2 is 1.71 bits per heavy atom. The van der Waals surface area contributed by atoms with Gasteiger partial charge in [-0.2, -0.15) is 0 Å². The van der Waals surface area contributed by atoms with Gasteiger partial charge in [-0.3, -0.25) is 4.98 Å². The highest BCUT2D eigenvalue weighted by Crippen LogP contribution is 2.24. The van der Waals surface area contributed by atoms with E-state index in [4.69, 9.17) is 4.74 Å². The number of fused-ring (bicyclic) bond motifs is 1. The molecular weight excluding hydrogens is 300 g/mol. The first-order valence-electron chi connectivity index (χ1n) is 7.88. The Bertz CT molecular complexity index is 859. The molecule has 0 unspecified atom stereocenters. The Kier molecular flexibility index (Phi) is 4.32. The van der Waals surface area contributed by atoms with E-state index in [1.54, 1.807) is 12.3 Å². The van der Waals surface area contributed by atoms with Crippen molar-refractivity contribution in [1.29, 1.82) is 0 Å². The Morgan fingerprint density at radius 1 is 1.00 bits per heavy atom. The van der Waals surface area contributed by atoms with Crippen molar-refractivity contribution in [2.75, 3.05) is 21.1 Å². The maximum absolute atomic E-state index is 12.4. The van der Waals surface area contributed by atoms with E-state index in [0.29, 0.717) is 16.8 Å². The highest BCUT2D eigenvalue weighted by atomic mass is 16.5. The minimum Gasteiger partial charge on any atom is -0.421 e. The summed E-state index contributed by atoms with van der Waals surface area (Å²) in [6.45, 7) is 0.905. The van der Waals surface area contributed by atoms with Gasteiger partial charge in [0.2, 0.25) is 0 Å². The Labute approximate surface area is 141 Å². The van der Waals surface area contributed by atoms with E-state index in [1.807, 2.05) is 48.5 Å². The van der Waals surface area contributed by atoms with Gasteiger partial charge in [0.1, 0.15) is 12.1 Å². The second-order valence-electron chi connectivity index (χ2n) is 6.87. The maximum Gasteiger partial charge on any atom is 0.343 e. The van der Waals surface area contributed by atoms with Gasteiger partial charge in [0.15, 0.2) is 5.75 Å². The number of benzene rings is 2. The summed E-state index contributed by atoms with van der Waals surface area (Å²) in [4.78, 5) is 16.7. The molecule has 0 amide bonds. The molecular formula is C20H21N2O2+. The van der Waals surface area contributed by atoms with Crippen molar-refractivity contribution >= 4 is 16.9 Å². The lowest BCUT2D eigenvalue weighted by Gasteiger charge is -2.23. The summed E-state index contributed by atoms with van der Waals surface area (Å²) in [5.74, 6) is 0.110. The predicted octanol–water partition coefficient (Wildman–Crippen LogP) is 3.66. The van der Waals surface area contributed by atoms with Crippen molar-refractivity contribution in [3.63, 3.8) is 0 Å². The number of para-hydroxylation sites is 1. The molecule has 0 saturated carbocycles. The zero-order valence-electron chi connectivity index (χ0n) is 14.2. The van der Waals surface area contributed by atoms with Crippen LogP contribution < -0.4 is 4.74 Å². The van der Waals surface area contributed by atoms with Gasteiger partial charge in [-0.25, -0.2) is 4.79 Å². The molecule has 0 fully saturated rings. The fourth-order valence-corrected chi connectivity index (χ4v) is 2.61. The van der Waals surface area contributed by atoms with Crippen LogP contribution in [0.1, 0.15) is 15.9 Å². The van der Waals surface area contributed by atoms with E-state index in [2.05, 4.69) is 26.1 Å². The number of ether oxygens (including phenoxy) is 1. The second-order valence-corrected chi connectivity index (χ2v) is 6.87. The summed E-state index contributed by atoms with van der Waals surface area (Å²) < 4.78 is 6.39. The molecule has 0 aliphatic heterocycles. The molecule has 3 aromatic rings. The van der Waals surface area contributed by atoms with Crippen LogP contribution in [0.3, 0.4) is 0 Å². The largest absolute Gasteiger partial charge is 0.421 e. The number of pyridine rings is 1. The molecule has 0 spiro atoms. The molecule has 0 saturated heterocycles. The van der Waals surface area contributed by atoms with Gasteiger partial charge in [-0.1, -0.05) is 30.3 Å². The van der Waals surface area contributed by atoms with Gasteiger partial charge in [0.05, 0.1) is 26.7 Å². The van der Waals surface area contributed by atoms with E-state index in [-0.39, 0.29) is 5.97 Å². The van der Waals surface area contributed by atoms with Crippen molar-refractivity contribution in [2.24, 2.45) is 0 Å². The van der Waals surface area contributed by atoms with Crippen molar-refractivity contribution in [3.8, 4) is 5.75 Å². The third-order valence-corrected chi connectivity index (χ3v) is 3.64. The second kappa shape index (κ2) is 6.42. The van der Waals surface area contributed by atoms with E-state index < -0.39 is 0 Å². The number of carbonyl (C=O) groups is 1. The topological polar surface area (TPSA) is 39.2 Å². The summed E-state index contributed by atoms with van der Waals surface area (Å²) in [5.41, 5.74) is 2.41. The van der Waals surface area contributed by atoms with Crippen LogP contribution in [0, 0.1) is 0 Å². The monoisotopic (exact) mass is 321 g/mol. The van der Waals surface area contributed by atoms with Crippen LogP contribution in [0.4, 0.5) is 0 Å². The van der Waals surface area contributed by atoms with E-state index in [0.717, 1.165) is 16.4 Å². The van der Waals surface area contributed by atoms with Gasteiger partial charge in [-0.05, 0) is 24.3 Å². The van der Waals surface area contributed by atoms with Crippen LogP contribution >= 0.6 is 0 Å². The summed E-state index contributed by atoms with van der Waals surface area (Å²) in [5, 5.41) is 0.945. The molecule has 0 bridgehead atoms. The first-order valence-corrected chi connectivity index (χ1v) is 7.88. The van der Waals surface area contributed by atoms with Crippen LogP contribution in [0.15, 0.2) is 60.8 Å². The molecule has 122 valence electrons. The highest BCUT2D eigenvalue weighted by molar-refractivity contribution is 5.94. The third kappa shape index (κ3) is 3.78. The summed E-state index contributed by atoms with van der Waals surface area (Å²) in [7, 11) is 6.40. The summed E-state index contributed by atoms with van der Waals surface area (Å²) in [6.07, 6.45) is 1.69. The SMILES string of the molecule is C[N+](C)(C)Cc1ccc(C(=O)Oc2cccc3cccnc23)cc1. The number of hydrogen-bond acceptors (Lipinski definition) is 3. The normalized spacial score (nSPS) is 11.5. The molecule has 1 heterocycles. The Balaban J connectivity index is 1.79. The number of rotatable bonds is 4. The lowest BCUT2D eigenvalue weighted by Crippen LogP contribution is -2.33. The molecule has 4 heteroatoms. The number of quaternary nitrogens is 1. The van der Waals surface area contributed by atoms with Gasteiger partial charge in [0.25, 0.3) is 0 Å². The smallest absolute Gasteiger partial charge is 0.343 e. The lowest BCUT2D eigenvalue weighted by molar-refractivity contribution is -0.884. The highest BCUT2D eigenvalue weighted by Gasteiger charge is 2.13. The van der Waals surface area contributed by atoms with Crippen LogP contribution in [0.25, 0.3) is 10.9 Å². The molecule has 3 rings (SSSR count). The molecule has 4 nitrogen and oxygen atoms in total. The van der Waals surface area contributed by atoms with Crippen LogP contribution in [-0.2, 0) is 6.54 Å². The average molecular weight is 321 g/mol. The van der Waals surface area contributed by atoms with Crippen LogP contribution in [0.2, 0.25) is 0 Å². The fraction of sp³-hybridized carbons (Fsp3) is 0.200. The molecule has 0 atom stereocenters. The molecule has 0 aliphatic carbocycles. The number of hydrogen-bond donors (Lipinski definition) is 0. The third-order valence-electron chi connectivity index (χ3n) is 3.64. The minimum atomic E-state index is -0.370. The van der Waals surface area contributed by atoms with Crippen molar-refractivity contribution in [3.05, 3.63) is 71.9 Å². The van der Waals surface area contributed by atoms with Crippen LogP contribution in [-0.4, -0.2) is 36.6 Å². The van der Waals surface area contributed by atoms with E-state index in [9.17, 15) is 4.79 Å². The average Bonchev–Trinajstić information content (AvgIpc) is 2.54. The maximum atomic E-state index is 12.4. The fourth-order valence-electron chi connectivity index (χ4n) is 2.61. The molecule has 0 radical (unpaired) electrons. The summed E-state index contributed by atoms with van der Waals surface area (Å²) >= 11 is 0. The minimum absolute atomic E-state index is 0.370. The van der Waals surface area contributed by atoms with Crippen molar-refractivity contribution in [1.82, 2.24) is 4.98 Å². The zero-order valence-corrected chi connectivity index (χ0v) is 14.2. The standard InChI is InChI=1S/C20H21N2O2/c1-22(2,3)14-15-9-11-17(12-10-15)20(23)24-18-8-4-6-16-7-5-13-21-19(16)18/h4-13H,14H2,1-3H3/q+1.